The van der Waals surface area contributed by atoms with Gasteiger partial charge < -0.3 is 5.11 Å². The number of nitrogens with zero attached hydrogens (tertiary/aromatic N) is 1. The summed E-state index contributed by atoms with van der Waals surface area (Å²) in [7, 11) is -2.97. The first-order chi connectivity index (χ1) is 10.4. The monoisotopic (exact) mass is 345 g/mol. The molecule has 0 bridgehead atoms. The van der Waals surface area contributed by atoms with Crippen LogP contribution in [0, 0.1) is 0 Å². The van der Waals surface area contributed by atoms with E-state index in [-0.39, 0.29) is 24.0 Å². The number of hydrogen-bond acceptors (Lipinski definition) is 4. The molecule has 1 heterocycles. The molecule has 22 heavy (non-hydrogen) atoms. The lowest BCUT2D eigenvalue weighted by Gasteiger charge is -2.28. The highest BCUT2D eigenvalue weighted by atomic mass is 35.5. The fourth-order valence-electron chi connectivity index (χ4n) is 2.76. The van der Waals surface area contributed by atoms with Crippen molar-refractivity contribution < 1.29 is 18.3 Å². The Bertz CT molecular complexity index is 632. The maximum Gasteiger partial charge on any atom is 0.303 e. The van der Waals surface area contributed by atoms with Crippen LogP contribution in [0.2, 0.25) is 5.02 Å². The largest absolute Gasteiger partial charge is 0.481 e. The van der Waals surface area contributed by atoms with E-state index in [1.165, 1.54) is 0 Å². The van der Waals surface area contributed by atoms with Gasteiger partial charge in [-0.3, -0.25) is 9.69 Å². The Kier molecular flexibility index (Phi) is 5.83. The zero-order valence-corrected chi connectivity index (χ0v) is 13.8. The molecular formula is C15H20ClNO4S. The maximum atomic E-state index is 11.7. The third-order valence-electron chi connectivity index (χ3n) is 3.84. The van der Waals surface area contributed by atoms with Crippen LogP contribution in [0.4, 0.5) is 0 Å². The van der Waals surface area contributed by atoms with E-state index in [1.807, 2.05) is 18.2 Å². The molecule has 1 atom stereocenters. The molecule has 0 radical (unpaired) electrons. The number of hydrogen-bond donors (Lipinski definition) is 1. The predicted octanol–water partition coefficient (Wildman–Crippen LogP) is 2.19. The van der Waals surface area contributed by atoms with Gasteiger partial charge in [0.2, 0.25) is 0 Å². The van der Waals surface area contributed by atoms with Crippen LogP contribution in [0.15, 0.2) is 24.3 Å². The molecule has 7 heteroatoms. The lowest BCUT2D eigenvalue weighted by atomic mass is 10.1. The van der Waals surface area contributed by atoms with Gasteiger partial charge in [0.1, 0.15) is 0 Å². The van der Waals surface area contributed by atoms with Crippen molar-refractivity contribution in [2.24, 2.45) is 0 Å². The van der Waals surface area contributed by atoms with Crippen LogP contribution in [0.25, 0.3) is 0 Å². The third kappa shape index (κ3) is 5.26. The molecule has 122 valence electrons. The fraction of sp³-hybridized carbons (Fsp3) is 0.533. The minimum absolute atomic E-state index is 0.0437. The molecule has 0 saturated carbocycles. The topological polar surface area (TPSA) is 74.7 Å². The van der Waals surface area contributed by atoms with Crippen LogP contribution < -0.4 is 0 Å². The minimum Gasteiger partial charge on any atom is -0.481 e. The number of carbonyl (C=O) groups is 1. The average Bonchev–Trinajstić information content (AvgIpc) is 2.77. The first kappa shape index (κ1) is 17.2. The van der Waals surface area contributed by atoms with Crippen LogP contribution in [0.5, 0.6) is 0 Å². The molecule has 0 aliphatic carbocycles. The van der Waals surface area contributed by atoms with Crippen molar-refractivity contribution in [2.45, 2.75) is 31.8 Å². The van der Waals surface area contributed by atoms with Gasteiger partial charge in [-0.15, -0.1) is 0 Å². The van der Waals surface area contributed by atoms with Gasteiger partial charge in [-0.05, 0) is 37.1 Å². The van der Waals surface area contributed by atoms with E-state index in [4.69, 9.17) is 16.7 Å². The Balaban J connectivity index is 2.05. The third-order valence-corrected chi connectivity index (χ3v) is 5.82. The summed E-state index contributed by atoms with van der Waals surface area (Å²) in [5.74, 6) is -0.467. The number of sulfone groups is 1. The summed E-state index contributed by atoms with van der Waals surface area (Å²) in [6, 6.07) is 7.41. The molecule has 0 amide bonds. The number of rotatable bonds is 7. The second-order valence-corrected chi connectivity index (χ2v) is 8.32. The number of carboxylic acids is 1. The molecule has 1 aliphatic rings. The molecule has 0 unspecified atom stereocenters. The van der Waals surface area contributed by atoms with Crippen molar-refractivity contribution in [2.75, 3.05) is 18.1 Å². The number of benzene rings is 1. The van der Waals surface area contributed by atoms with Crippen LogP contribution in [-0.4, -0.2) is 48.5 Å². The van der Waals surface area contributed by atoms with Gasteiger partial charge in [-0.25, -0.2) is 8.42 Å². The maximum absolute atomic E-state index is 11.7. The van der Waals surface area contributed by atoms with E-state index >= 15 is 0 Å². The van der Waals surface area contributed by atoms with E-state index in [2.05, 4.69) is 4.90 Å². The van der Waals surface area contributed by atoms with Crippen LogP contribution in [0.1, 0.15) is 24.8 Å². The molecule has 1 N–H and O–H groups in total. The SMILES string of the molecule is O=C(O)CCCN(Cc1cccc(Cl)c1)[C@H]1CCS(=O)(=O)C1. The Morgan fingerprint density at radius 2 is 2.18 bits per heavy atom. The van der Waals surface area contributed by atoms with E-state index in [0.717, 1.165) is 5.56 Å². The Morgan fingerprint density at radius 1 is 1.41 bits per heavy atom. The molecule has 2 rings (SSSR count). The number of carboxylic acid groups (broad SMARTS) is 1. The van der Waals surface area contributed by atoms with E-state index in [1.54, 1.807) is 6.07 Å². The molecule has 5 nitrogen and oxygen atoms in total. The first-order valence-corrected chi connectivity index (χ1v) is 9.46. The molecule has 0 spiro atoms. The second kappa shape index (κ2) is 7.44. The zero-order valence-electron chi connectivity index (χ0n) is 12.2. The van der Waals surface area contributed by atoms with Crippen molar-refractivity contribution >= 4 is 27.4 Å². The lowest BCUT2D eigenvalue weighted by molar-refractivity contribution is -0.137. The summed E-state index contributed by atoms with van der Waals surface area (Å²) in [5.41, 5.74) is 1.01. The van der Waals surface area contributed by atoms with Gasteiger partial charge in [0.05, 0.1) is 11.5 Å². The fourth-order valence-corrected chi connectivity index (χ4v) is 4.73. The molecule has 1 fully saturated rings. The normalized spacial score (nSPS) is 20.4. The summed E-state index contributed by atoms with van der Waals surface area (Å²) in [6.07, 6.45) is 1.20. The summed E-state index contributed by atoms with van der Waals surface area (Å²) in [4.78, 5) is 12.7. The van der Waals surface area contributed by atoms with Crippen molar-refractivity contribution in [3.63, 3.8) is 0 Å². The van der Waals surface area contributed by atoms with Crippen LogP contribution in [-0.2, 0) is 21.2 Å². The summed E-state index contributed by atoms with van der Waals surface area (Å²) < 4.78 is 23.4. The summed E-state index contributed by atoms with van der Waals surface area (Å²) >= 11 is 5.99. The summed E-state index contributed by atoms with van der Waals surface area (Å²) in [6.45, 7) is 1.15. The minimum atomic E-state index is -2.97. The highest BCUT2D eigenvalue weighted by Crippen LogP contribution is 2.21. The Hall–Kier alpha value is -1.11. The smallest absolute Gasteiger partial charge is 0.303 e. The molecule has 1 saturated heterocycles. The van der Waals surface area contributed by atoms with Gasteiger partial charge in [-0.1, -0.05) is 23.7 Å². The Morgan fingerprint density at radius 3 is 2.77 bits per heavy atom. The summed E-state index contributed by atoms with van der Waals surface area (Å²) in [5, 5.41) is 9.41. The van der Waals surface area contributed by atoms with Crippen LogP contribution >= 0.6 is 11.6 Å². The van der Waals surface area contributed by atoms with Gasteiger partial charge in [-0.2, -0.15) is 0 Å². The van der Waals surface area contributed by atoms with Gasteiger partial charge in [0.15, 0.2) is 9.84 Å². The van der Waals surface area contributed by atoms with Gasteiger partial charge in [0, 0.05) is 24.0 Å². The van der Waals surface area contributed by atoms with Crippen molar-refractivity contribution in [1.29, 1.82) is 0 Å². The zero-order chi connectivity index (χ0) is 16.2. The standard InChI is InChI=1S/C15H20ClNO4S/c16-13-4-1-3-12(9-13)10-17(7-2-5-15(18)19)14-6-8-22(20,21)11-14/h1,3-4,9,14H,2,5-8,10-11H2,(H,18,19)/t14-/m0/s1. The van der Waals surface area contributed by atoms with Crippen molar-refractivity contribution in [3.8, 4) is 0 Å². The lowest BCUT2D eigenvalue weighted by Crippen LogP contribution is -2.36. The molecule has 0 aromatic heterocycles. The molecular weight excluding hydrogens is 326 g/mol. The predicted molar refractivity (Wildman–Crippen MR) is 85.8 cm³/mol. The first-order valence-electron chi connectivity index (χ1n) is 7.26. The van der Waals surface area contributed by atoms with E-state index < -0.39 is 15.8 Å². The van der Waals surface area contributed by atoms with Crippen molar-refractivity contribution in [1.82, 2.24) is 4.90 Å². The molecule has 1 aliphatic heterocycles. The molecule has 1 aromatic carbocycles. The number of aliphatic carboxylic acids is 1. The van der Waals surface area contributed by atoms with Crippen molar-refractivity contribution in [3.05, 3.63) is 34.9 Å². The second-order valence-electron chi connectivity index (χ2n) is 5.65. The number of halogens is 1. The van der Waals surface area contributed by atoms with E-state index in [0.29, 0.717) is 31.0 Å². The van der Waals surface area contributed by atoms with E-state index in [9.17, 15) is 13.2 Å². The highest BCUT2D eigenvalue weighted by Gasteiger charge is 2.32. The Labute approximate surface area is 135 Å². The average molecular weight is 346 g/mol. The quantitative estimate of drug-likeness (QED) is 0.820. The molecule has 1 aromatic rings. The van der Waals surface area contributed by atoms with Crippen LogP contribution in [0.3, 0.4) is 0 Å². The van der Waals surface area contributed by atoms with Gasteiger partial charge in [0.25, 0.3) is 0 Å². The van der Waals surface area contributed by atoms with Gasteiger partial charge >= 0.3 is 5.97 Å². The highest BCUT2D eigenvalue weighted by molar-refractivity contribution is 7.91.